The van der Waals surface area contributed by atoms with Gasteiger partial charge >= 0.3 is 0 Å². The topological polar surface area (TPSA) is 30.0 Å². The summed E-state index contributed by atoms with van der Waals surface area (Å²) in [5.41, 5.74) is 3.89. The number of aldehydes is 1. The van der Waals surface area contributed by atoms with Crippen molar-refractivity contribution in [2.24, 2.45) is 0 Å². The zero-order chi connectivity index (χ0) is 13.8. The van der Waals surface area contributed by atoms with Gasteiger partial charge in [0.2, 0.25) is 0 Å². The fraction of sp³-hybridized carbons (Fsp3) is 0.250. The minimum absolute atomic E-state index is 0.750. The molecule has 0 aliphatic carbocycles. The third-order valence-electron chi connectivity index (χ3n) is 1.98. The first-order chi connectivity index (χ1) is 8.60. The standard InChI is InChI=1S/C8H10.C6H7N.C2H4O/c1-7-4-3-5-8(2)6-7;1-6-3-2-4-7-5-6;1-2-3/h3-6H,1-2H3;2-5H,1H3;2H,1H3. The van der Waals surface area contributed by atoms with Crippen LogP contribution in [0.15, 0.2) is 48.8 Å². The highest BCUT2D eigenvalue weighted by Crippen LogP contribution is 2.00. The average molecular weight is 243 g/mol. The summed E-state index contributed by atoms with van der Waals surface area (Å²) >= 11 is 0. The number of benzene rings is 1. The van der Waals surface area contributed by atoms with Crippen molar-refractivity contribution < 1.29 is 4.79 Å². The van der Waals surface area contributed by atoms with Gasteiger partial charge in [0.25, 0.3) is 0 Å². The summed E-state index contributed by atoms with van der Waals surface area (Å²) in [6, 6.07) is 12.4. The molecular weight excluding hydrogens is 222 g/mol. The molecule has 0 atom stereocenters. The highest BCUT2D eigenvalue weighted by molar-refractivity contribution is 5.44. The Kier molecular flexibility index (Phi) is 9.10. The lowest BCUT2D eigenvalue weighted by Crippen LogP contribution is -1.71. The Morgan fingerprint density at radius 1 is 0.944 bits per heavy atom. The van der Waals surface area contributed by atoms with Crippen molar-refractivity contribution >= 4 is 6.29 Å². The zero-order valence-electron chi connectivity index (χ0n) is 11.6. The van der Waals surface area contributed by atoms with Crippen LogP contribution in [-0.4, -0.2) is 11.3 Å². The summed E-state index contributed by atoms with van der Waals surface area (Å²) in [6.45, 7) is 7.67. The third-order valence-corrected chi connectivity index (χ3v) is 1.98. The average Bonchev–Trinajstić information content (AvgIpc) is 2.31. The molecule has 0 N–H and O–H groups in total. The van der Waals surface area contributed by atoms with Crippen molar-refractivity contribution in [3.05, 3.63) is 65.5 Å². The largest absolute Gasteiger partial charge is 0.304 e. The van der Waals surface area contributed by atoms with Crippen molar-refractivity contribution in [3.63, 3.8) is 0 Å². The van der Waals surface area contributed by atoms with E-state index in [1.165, 1.54) is 23.6 Å². The van der Waals surface area contributed by atoms with Gasteiger partial charge in [-0.15, -0.1) is 0 Å². The number of carbonyl (C=O) groups excluding carboxylic acids is 1. The summed E-state index contributed by atoms with van der Waals surface area (Å²) in [4.78, 5) is 12.7. The van der Waals surface area contributed by atoms with Crippen LogP contribution in [0.2, 0.25) is 0 Å². The Labute approximate surface area is 110 Å². The van der Waals surface area contributed by atoms with Gasteiger partial charge in [-0.1, -0.05) is 41.5 Å². The second kappa shape index (κ2) is 10.2. The van der Waals surface area contributed by atoms with Crippen molar-refractivity contribution in [1.82, 2.24) is 4.98 Å². The number of pyridine rings is 1. The lowest BCUT2D eigenvalue weighted by atomic mass is 10.2. The van der Waals surface area contributed by atoms with Crippen LogP contribution >= 0.6 is 0 Å². The van der Waals surface area contributed by atoms with E-state index in [1.54, 1.807) is 6.20 Å². The second-order valence-corrected chi connectivity index (χ2v) is 3.92. The van der Waals surface area contributed by atoms with Gasteiger partial charge in [-0.05, 0) is 39.3 Å². The lowest BCUT2D eigenvalue weighted by molar-refractivity contribution is -0.106. The molecule has 18 heavy (non-hydrogen) atoms. The van der Waals surface area contributed by atoms with Crippen LogP contribution in [0.5, 0.6) is 0 Å². The van der Waals surface area contributed by atoms with Crippen molar-refractivity contribution in [3.8, 4) is 0 Å². The first kappa shape index (κ1) is 16.0. The Morgan fingerprint density at radius 2 is 1.44 bits per heavy atom. The molecule has 0 unspecified atom stereocenters. The molecule has 1 aromatic heterocycles. The van der Waals surface area contributed by atoms with Crippen LogP contribution in [0.4, 0.5) is 0 Å². The first-order valence-corrected chi connectivity index (χ1v) is 5.89. The van der Waals surface area contributed by atoms with E-state index in [4.69, 9.17) is 4.79 Å². The first-order valence-electron chi connectivity index (χ1n) is 5.89. The number of aromatic nitrogens is 1. The van der Waals surface area contributed by atoms with Gasteiger partial charge in [-0.25, -0.2) is 0 Å². The monoisotopic (exact) mass is 243 g/mol. The van der Waals surface area contributed by atoms with E-state index in [9.17, 15) is 0 Å². The Balaban J connectivity index is 0.000000267. The fourth-order valence-electron chi connectivity index (χ4n) is 1.26. The van der Waals surface area contributed by atoms with Gasteiger partial charge in [0.1, 0.15) is 6.29 Å². The Bertz CT molecular complexity index is 421. The van der Waals surface area contributed by atoms with Crippen LogP contribution in [-0.2, 0) is 4.79 Å². The van der Waals surface area contributed by atoms with E-state index in [0.717, 1.165) is 6.29 Å². The molecule has 0 bridgehead atoms. The summed E-state index contributed by atoms with van der Waals surface area (Å²) in [6.07, 6.45) is 4.35. The van der Waals surface area contributed by atoms with E-state index >= 15 is 0 Å². The van der Waals surface area contributed by atoms with E-state index in [0.29, 0.717) is 0 Å². The van der Waals surface area contributed by atoms with Crippen molar-refractivity contribution in [2.45, 2.75) is 27.7 Å². The number of carbonyl (C=O) groups is 1. The smallest absolute Gasteiger partial charge is 0.116 e. The van der Waals surface area contributed by atoms with E-state index in [1.807, 2.05) is 25.3 Å². The minimum Gasteiger partial charge on any atom is -0.304 e. The predicted molar refractivity (Wildman–Crippen MR) is 76.6 cm³/mol. The normalized spacial score (nSPS) is 8.22. The number of nitrogens with zero attached hydrogens (tertiary/aromatic N) is 1. The molecule has 0 fully saturated rings. The van der Waals surface area contributed by atoms with Gasteiger partial charge in [-0.2, -0.15) is 0 Å². The number of hydrogen-bond donors (Lipinski definition) is 0. The molecule has 96 valence electrons. The molecule has 0 aliphatic heterocycles. The van der Waals surface area contributed by atoms with Gasteiger partial charge in [-0.3, -0.25) is 4.98 Å². The summed E-state index contributed by atoms with van der Waals surface area (Å²) in [7, 11) is 0. The predicted octanol–water partition coefficient (Wildman–Crippen LogP) is 3.90. The van der Waals surface area contributed by atoms with Gasteiger partial charge in [0.15, 0.2) is 0 Å². The number of hydrogen-bond acceptors (Lipinski definition) is 2. The quantitative estimate of drug-likeness (QED) is 0.657. The van der Waals surface area contributed by atoms with Gasteiger partial charge in [0.05, 0.1) is 0 Å². The molecule has 2 nitrogen and oxygen atoms in total. The molecule has 1 heterocycles. The molecule has 0 amide bonds. The molecular formula is C16H21NO. The second-order valence-electron chi connectivity index (χ2n) is 3.92. The third kappa shape index (κ3) is 9.28. The highest BCUT2D eigenvalue weighted by atomic mass is 16.1. The zero-order valence-corrected chi connectivity index (χ0v) is 11.6. The molecule has 0 saturated carbocycles. The molecule has 2 heteroatoms. The van der Waals surface area contributed by atoms with Crippen LogP contribution in [0.1, 0.15) is 23.6 Å². The number of rotatable bonds is 0. The maximum Gasteiger partial charge on any atom is 0.116 e. The molecule has 0 radical (unpaired) electrons. The summed E-state index contributed by atoms with van der Waals surface area (Å²) < 4.78 is 0. The van der Waals surface area contributed by atoms with Crippen LogP contribution in [0, 0.1) is 20.8 Å². The van der Waals surface area contributed by atoms with Crippen molar-refractivity contribution in [1.29, 1.82) is 0 Å². The van der Waals surface area contributed by atoms with Crippen molar-refractivity contribution in [2.75, 3.05) is 0 Å². The Morgan fingerprint density at radius 3 is 1.67 bits per heavy atom. The highest BCUT2D eigenvalue weighted by Gasteiger charge is 1.80. The summed E-state index contributed by atoms with van der Waals surface area (Å²) in [5, 5.41) is 0. The van der Waals surface area contributed by atoms with E-state index in [-0.39, 0.29) is 0 Å². The van der Waals surface area contributed by atoms with Crippen LogP contribution < -0.4 is 0 Å². The Hall–Kier alpha value is -1.96. The van der Waals surface area contributed by atoms with Gasteiger partial charge in [0, 0.05) is 12.4 Å². The van der Waals surface area contributed by atoms with E-state index in [2.05, 4.69) is 43.1 Å². The lowest BCUT2D eigenvalue weighted by Gasteiger charge is -1.90. The maximum absolute atomic E-state index is 8.81. The van der Waals surface area contributed by atoms with Gasteiger partial charge < -0.3 is 4.79 Å². The molecule has 0 aliphatic rings. The van der Waals surface area contributed by atoms with E-state index < -0.39 is 0 Å². The SMILES string of the molecule is CC=O.Cc1cccc(C)c1.Cc1cccnc1. The van der Waals surface area contributed by atoms with Crippen LogP contribution in [0.25, 0.3) is 0 Å². The minimum atomic E-state index is 0.750. The maximum atomic E-state index is 8.81. The molecule has 0 saturated heterocycles. The number of aryl methyl sites for hydroxylation is 3. The summed E-state index contributed by atoms with van der Waals surface area (Å²) in [5.74, 6) is 0. The molecule has 2 aromatic rings. The molecule has 1 aromatic carbocycles. The van der Waals surface area contributed by atoms with Crippen LogP contribution in [0.3, 0.4) is 0 Å². The molecule has 0 spiro atoms. The molecule has 2 rings (SSSR count). The fourth-order valence-corrected chi connectivity index (χ4v) is 1.26.